The molecule has 0 aromatic rings. The zero-order chi connectivity index (χ0) is 11.3. The SMILES string of the molecule is C1#CCCCCCCCCCCC#C/C=C\1. The van der Waals surface area contributed by atoms with Gasteiger partial charge in [0.2, 0.25) is 0 Å². The molecule has 0 radical (unpaired) electrons. The van der Waals surface area contributed by atoms with Crippen LogP contribution in [0, 0.1) is 23.7 Å². The van der Waals surface area contributed by atoms with E-state index in [9.17, 15) is 0 Å². The number of hydrogen-bond acceptors (Lipinski definition) is 0. The molecule has 0 heteroatoms. The van der Waals surface area contributed by atoms with Crippen LogP contribution in [0.5, 0.6) is 0 Å². The Balaban J connectivity index is 2.29. The molecule has 0 saturated carbocycles. The van der Waals surface area contributed by atoms with Gasteiger partial charge in [0.15, 0.2) is 0 Å². The highest BCUT2D eigenvalue weighted by Gasteiger charge is 1.91. The van der Waals surface area contributed by atoms with E-state index in [1.807, 2.05) is 12.2 Å². The Kier molecular flexibility index (Phi) is 8.39. The molecule has 1 aliphatic carbocycles. The second-order valence-electron chi connectivity index (χ2n) is 4.30. The van der Waals surface area contributed by atoms with E-state index < -0.39 is 0 Å². The summed E-state index contributed by atoms with van der Waals surface area (Å²) in [5.74, 6) is 12.4. The summed E-state index contributed by atoms with van der Waals surface area (Å²) in [5.41, 5.74) is 0. The van der Waals surface area contributed by atoms with Crippen LogP contribution in [0.2, 0.25) is 0 Å². The van der Waals surface area contributed by atoms with E-state index in [0.29, 0.717) is 0 Å². The topological polar surface area (TPSA) is 0 Å². The second-order valence-corrected chi connectivity index (χ2v) is 4.30. The lowest BCUT2D eigenvalue weighted by molar-refractivity contribution is 0.573. The fourth-order valence-electron chi connectivity index (χ4n) is 1.83. The lowest BCUT2D eigenvalue weighted by atomic mass is 10.1. The average molecular weight is 214 g/mol. The van der Waals surface area contributed by atoms with Crippen molar-refractivity contribution in [1.82, 2.24) is 0 Å². The minimum atomic E-state index is 1.04. The van der Waals surface area contributed by atoms with Crippen molar-refractivity contribution in [2.75, 3.05) is 0 Å². The van der Waals surface area contributed by atoms with E-state index in [2.05, 4.69) is 23.7 Å². The van der Waals surface area contributed by atoms with Crippen LogP contribution < -0.4 is 0 Å². The minimum absolute atomic E-state index is 1.04. The molecule has 0 aromatic heterocycles. The Hall–Kier alpha value is -1.14. The van der Waals surface area contributed by atoms with Crippen molar-refractivity contribution in [3.05, 3.63) is 12.2 Å². The smallest absolute Gasteiger partial charge is 0.00922 e. The summed E-state index contributed by atoms with van der Waals surface area (Å²) in [6, 6.07) is 0. The lowest BCUT2D eigenvalue weighted by Gasteiger charge is -2.00. The first-order valence-electron chi connectivity index (χ1n) is 6.62. The van der Waals surface area contributed by atoms with Crippen molar-refractivity contribution in [2.45, 2.75) is 64.2 Å². The first kappa shape index (κ1) is 12.9. The van der Waals surface area contributed by atoms with Gasteiger partial charge in [0.1, 0.15) is 0 Å². The first-order valence-corrected chi connectivity index (χ1v) is 6.62. The molecule has 0 heterocycles. The molecular formula is C16H22. The minimum Gasteiger partial charge on any atom is -0.0985 e. The highest BCUT2D eigenvalue weighted by molar-refractivity contribution is 5.24. The van der Waals surface area contributed by atoms with Gasteiger partial charge in [-0.25, -0.2) is 0 Å². The predicted octanol–water partition coefficient (Wildman–Crippen LogP) is 4.46. The summed E-state index contributed by atoms with van der Waals surface area (Å²) < 4.78 is 0. The van der Waals surface area contributed by atoms with Gasteiger partial charge in [0.05, 0.1) is 0 Å². The molecule has 1 aliphatic rings. The molecule has 1 rings (SSSR count). The third-order valence-electron chi connectivity index (χ3n) is 2.81. The Morgan fingerprint density at radius 3 is 1.31 bits per heavy atom. The molecule has 0 aromatic carbocycles. The maximum atomic E-state index is 3.16. The molecule has 0 unspecified atom stereocenters. The average Bonchev–Trinajstić information content (AvgIpc) is 2.29. The van der Waals surface area contributed by atoms with Crippen molar-refractivity contribution in [1.29, 1.82) is 0 Å². The van der Waals surface area contributed by atoms with Crippen LogP contribution in [0.4, 0.5) is 0 Å². The lowest BCUT2D eigenvalue weighted by Crippen LogP contribution is -1.81. The highest BCUT2D eigenvalue weighted by Crippen LogP contribution is 2.10. The van der Waals surface area contributed by atoms with E-state index in [1.54, 1.807) is 0 Å². The fourth-order valence-corrected chi connectivity index (χ4v) is 1.83. The van der Waals surface area contributed by atoms with Crippen LogP contribution in [0.1, 0.15) is 64.2 Å². The number of allylic oxidation sites excluding steroid dienone is 2. The summed E-state index contributed by atoms with van der Waals surface area (Å²) in [7, 11) is 0. The summed E-state index contributed by atoms with van der Waals surface area (Å²) in [6.07, 6.45) is 16.6. The number of hydrogen-bond donors (Lipinski definition) is 0. The molecule has 0 saturated heterocycles. The Morgan fingerprint density at radius 2 is 0.875 bits per heavy atom. The Bertz CT molecular complexity index is 268. The normalized spacial score (nSPS) is 21.0. The van der Waals surface area contributed by atoms with Gasteiger partial charge >= 0.3 is 0 Å². The fraction of sp³-hybridized carbons (Fsp3) is 0.625. The monoisotopic (exact) mass is 214 g/mol. The summed E-state index contributed by atoms with van der Waals surface area (Å²) in [6.45, 7) is 0. The highest BCUT2D eigenvalue weighted by atomic mass is 14.0. The zero-order valence-electron chi connectivity index (χ0n) is 10.2. The van der Waals surface area contributed by atoms with E-state index in [0.717, 1.165) is 12.8 Å². The van der Waals surface area contributed by atoms with Gasteiger partial charge in [-0.15, -0.1) is 0 Å². The maximum Gasteiger partial charge on any atom is 0.00922 e. The Morgan fingerprint density at radius 1 is 0.500 bits per heavy atom. The third kappa shape index (κ3) is 8.19. The molecule has 0 amide bonds. The van der Waals surface area contributed by atoms with Gasteiger partial charge in [-0.1, -0.05) is 62.2 Å². The zero-order valence-corrected chi connectivity index (χ0v) is 10.2. The molecule has 0 N–H and O–H groups in total. The standard InChI is InChI=1S/C16H22/c1-2-4-6-8-10-12-14-16-15-13-11-9-7-5-3-1/h1-2H,7-16H2/b2-1-. The van der Waals surface area contributed by atoms with Crippen molar-refractivity contribution in [2.24, 2.45) is 0 Å². The maximum absolute atomic E-state index is 3.16. The molecule has 16 heavy (non-hydrogen) atoms. The molecular weight excluding hydrogens is 192 g/mol. The van der Waals surface area contributed by atoms with Crippen LogP contribution >= 0.6 is 0 Å². The van der Waals surface area contributed by atoms with Crippen LogP contribution in [0.25, 0.3) is 0 Å². The first-order chi connectivity index (χ1) is 8.00. The second kappa shape index (κ2) is 10.4. The molecule has 0 bridgehead atoms. The van der Waals surface area contributed by atoms with Crippen LogP contribution in [0.3, 0.4) is 0 Å². The third-order valence-corrected chi connectivity index (χ3v) is 2.81. The summed E-state index contributed by atoms with van der Waals surface area (Å²) >= 11 is 0. The van der Waals surface area contributed by atoms with Crippen molar-refractivity contribution < 1.29 is 0 Å². The van der Waals surface area contributed by atoms with E-state index in [-0.39, 0.29) is 0 Å². The molecule has 0 atom stereocenters. The quantitative estimate of drug-likeness (QED) is 0.522. The van der Waals surface area contributed by atoms with Crippen molar-refractivity contribution >= 4 is 0 Å². The van der Waals surface area contributed by atoms with Crippen LogP contribution in [-0.2, 0) is 0 Å². The van der Waals surface area contributed by atoms with Crippen LogP contribution in [0.15, 0.2) is 12.2 Å². The van der Waals surface area contributed by atoms with E-state index >= 15 is 0 Å². The molecule has 0 nitrogen and oxygen atoms in total. The number of rotatable bonds is 0. The molecule has 0 aliphatic heterocycles. The van der Waals surface area contributed by atoms with Crippen molar-refractivity contribution in [3.63, 3.8) is 0 Å². The van der Waals surface area contributed by atoms with E-state index in [1.165, 1.54) is 51.4 Å². The van der Waals surface area contributed by atoms with Crippen LogP contribution in [-0.4, -0.2) is 0 Å². The Labute approximate surface area is 101 Å². The van der Waals surface area contributed by atoms with Gasteiger partial charge in [-0.3, -0.25) is 0 Å². The van der Waals surface area contributed by atoms with Gasteiger partial charge in [-0.2, -0.15) is 0 Å². The molecule has 86 valence electrons. The van der Waals surface area contributed by atoms with Gasteiger partial charge in [-0.05, 0) is 25.0 Å². The molecule has 0 spiro atoms. The largest absolute Gasteiger partial charge is 0.0985 e. The van der Waals surface area contributed by atoms with E-state index in [4.69, 9.17) is 0 Å². The molecule has 0 fully saturated rings. The van der Waals surface area contributed by atoms with Gasteiger partial charge in [0.25, 0.3) is 0 Å². The van der Waals surface area contributed by atoms with Crippen molar-refractivity contribution in [3.8, 4) is 23.7 Å². The predicted molar refractivity (Wildman–Crippen MR) is 70.9 cm³/mol. The summed E-state index contributed by atoms with van der Waals surface area (Å²) in [5, 5.41) is 0. The summed E-state index contributed by atoms with van der Waals surface area (Å²) in [4.78, 5) is 0. The van der Waals surface area contributed by atoms with Gasteiger partial charge < -0.3 is 0 Å². The van der Waals surface area contributed by atoms with Gasteiger partial charge in [0, 0.05) is 12.8 Å².